The smallest absolute Gasteiger partial charge is 0.0946 e. The SMILES string of the molecule is C.O=S(=O)([O-])CCCOCCc1ccccc1. The van der Waals surface area contributed by atoms with Crippen LogP contribution in [0.2, 0.25) is 0 Å². The monoisotopic (exact) mass is 259 g/mol. The van der Waals surface area contributed by atoms with Gasteiger partial charge < -0.3 is 9.29 Å². The van der Waals surface area contributed by atoms with Crippen LogP contribution in [0.15, 0.2) is 30.3 Å². The highest BCUT2D eigenvalue weighted by atomic mass is 32.2. The molecule has 1 rings (SSSR count). The third kappa shape index (κ3) is 8.85. The van der Waals surface area contributed by atoms with E-state index in [4.69, 9.17) is 4.74 Å². The molecule has 0 radical (unpaired) electrons. The van der Waals surface area contributed by atoms with Crippen LogP contribution in [0.5, 0.6) is 0 Å². The van der Waals surface area contributed by atoms with Gasteiger partial charge in [0.25, 0.3) is 0 Å². The Hall–Kier alpha value is -0.910. The van der Waals surface area contributed by atoms with E-state index in [0.717, 1.165) is 6.42 Å². The molecule has 5 heteroatoms. The summed E-state index contributed by atoms with van der Waals surface area (Å²) in [5.41, 5.74) is 1.18. The van der Waals surface area contributed by atoms with Crippen molar-refractivity contribution in [2.24, 2.45) is 0 Å². The van der Waals surface area contributed by atoms with E-state index in [-0.39, 0.29) is 19.6 Å². The standard InChI is InChI=1S/C11H16O4S.CH4/c12-16(13,14)10-4-8-15-9-7-11-5-2-1-3-6-11;/h1-3,5-6H,4,7-10H2,(H,12,13,14);1H4/p-1. The second-order valence-corrected chi connectivity index (χ2v) is 4.99. The highest BCUT2D eigenvalue weighted by Crippen LogP contribution is 1.99. The van der Waals surface area contributed by atoms with Crippen LogP contribution in [0.3, 0.4) is 0 Å². The molecule has 0 saturated carbocycles. The van der Waals surface area contributed by atoms with Crippen molar-refractivity contribution in [1.29, 1.82) is 0 Å². The maximum atomic E-state index is 10.3. The summed E-state index contributed by atoms with van der Waals surface area (Å²) in [5.74, 6) is -0.349. The van der Waals surface area contributed by atoms with Gasteiger partial charge in [-0.25, -0.2) is 8.42 Å². The third-order valence-corrected chi connectivity index (χ3v) is 2.85. The maximum Gasteiger partial charge on any atom is 0.0946 e. The zero-order chi connectivity index (χ0) is 11.9. The van der Waals surface area contributed by atoms with Gasteiger partial charge in [-0.2, -0.15) is 0 Å². The Balaban J connectivity index is 0.00000256. The van der Waals surface area contributed by atoms with Crippen LogP contribution in [0.4, 0.5) is 0 Å². The van der Waals surface area contributed by atoms with Crippen LogP contribution in [0.25, 0.3) is 0 Å². The minimum atomic E-state index is -4.09. The Morgan fingerprint density at radius 2 is 1.76 bits per heavy atom. The second-order valence-electron chi connectivity index (χ2n) is 3.46. The number of ether oxygens (including phenoxy) is 1. The maximum absolute atomic E-state index is 10.3. The minimum absolute atomic E-state index is 0. The number of hydrogen-bond donors (Lipinski definition) is 0. The zero-order valence-corrected chi connectivity index (χ0v) is 9.78. The van der Waals surface area contributed by atoms with Gasteiger partial charge in [-0.15, -0.1) is 0 Å². The number of benzene rings is 1. The predicted molar refractivity (Wildman–Crippen MR) is 66.9 cm³/mol. The molecule has 4 nitrogen and oxygen atoms in total. The molecule has 0 saturated heterocycles. The first-order valence-electron chi connectivity index (χ1n) is 5.13. The Morgan fingerprint density at radius 3 is 2.35 bits per heavy atom. The van der Waals surface area contributed by atoms with Crippen molar-refractivity contribution in [3.63, 3.8) is 0 Å². The molecule has 0 amide bonds. The van der Waals surface area contributed by atoms with Gasteiger partial charge in [0.05, 0.1) is 16.7 Å². The van der Waals surface area contributed by atoms with Crippen LogP contribution < -0.4 is 0 Å². The Kier molecular flexibility index (Phi) is 7.78. The molecule has 1 aromatic rings. The summed E-state index contributed by atoms with van der Waals surface area (Å²) >= 11 is 0. The molecule has 0 N–H and O–H groups in total. The number of hydrogen-bond acceptors (Lipinski definition) is 4. The first-order valence-corrected chi connectivity index (χ1v) is 6.71. The lowest BCUT2D eigenvalue weighted by Crippen LogP contribution is -2.08. The minimum Gasteiger partial charge on any atom is -0.748 e. The van der Waals surface area contributed by atoms with Crippen LogP contribution in [0, 0.1) is 0 Å². The van der Waals surface area contributed by atoms with Gasteiger partial charge >= 0.3 is 0 Å². The average molecular weight is 259 g/mol. The summed E-state index contributed by atoms with van der Waals surface area (Å²) < 4.78 is 36.1. The average Bonchev–Trinajstić information content (AvgIpc) is 2.23. The van der Waals surface area contributed by atoms with Crippen molar-refractivity contribution in [2.45, 2.75) is 20.3 Å². The molecule has 1 aromatic carbocycles. The lowest BCUT2D eigenvalue weighted by Gasteiger charge is -2.07. The van der Waals surface area contributed by atoms with Gasteiger partial charge in [-0.05, 0) is 18.4 Å². The first-order chi connectivity index (χ1) is 7.58. The highest BCUT2D eigenvalue weighted by molar-refractivity contribution is 7.85. The lowest BCUT2D eigenvalue weighted by atomic mass is 10.2. The quantitative estimate of drug-likeness (QED) is 0.553. The molecular formula is C12H19O4S-. The Morgan fingerprint density at radius 1 is 1.12 bits per heavy atom. The van der Waals surface area contributed by atoms with Gasteiger partial charge in [-0.3, -0.25) is 0 Å². The second kappa shape index (κ2) is 8.22. The molecule has 0 fully saturated rings. The molecule has 17 heavy (non-hydrogen) atoms. The van der Waals surface area contributed by atoms with Crippen LogP contribution in [-0.4, -0.2) is 31.9 Å². The molecule has 0 spiro atoms. The summed E-state index contributed by atoms with van der Waals surface area (Å²) in [6.07, 6.45) is 1.06. The van der Waals surface area contributed by atoms with Crippen molar-refractivity contribution in [3.05, 3.63) is 35.9 Å². The van der Waals surface area contributed by atoms with E-state index in [1.165, 1.54) is 5.56 Å². The zero-order valence-electron chi connectivity index (χ0n) is 8.96. The molecule has 0 bridgehead atoms. The molecule has 0 aliphatic carbocycles. The van der Waals surface area contributed by atoms with E-state index in [1.54, 1.807) is 0 Å². The largest absolute Gasteiger partial charge is 0.748 e. The first kappa shape index (κ1) is 16.1. The summed E-state index contributed by atoms with van der Waals surface area (Å²) in [6, 6.07) is 9.87. The number of rotatable bonds is 7. The molecule has 0 aromatic heterocycles. The topological polar surface area (TPSA) is 66.4 Å². The van der Waals surface area contributed by atoms with Crippen LogP contribution in [-0.2, 0) is 21.3 Å². The molecule has 98 valence electrons. The predicted octanol–water partition coefficient (Wildman–Crippen LogP) is 1.82. The van der Waals surface area contributed by atoms with Crippen molar-refractivity contribution in [3.8, 4) is 0 Å². The van der Waals surface area contributed by atoms with Crippen molar-refractivity contribution in [1.82, 2.24) is 0 Å². The van der Waals surface area contributed by atoms with E-state index >= 15 is 0 Å². The summed E-state index contributed by atoms with van der Waals surface area (Å²) in [4.78, 5) is 0. The molecule has 0 atom stereocenters. The van der Waals surface area contributed by atoms with E-state index in [1.807, 2.05) is 30.3 Å². The normalized spacial score (nSPS) is 10.9. The Labute approximate surface area is 103 Å². The van der Waals surface area contributed by atoms with E-state index in [9.17, 15) is 13.0 Å². The van der Waals surface area contributed by atoms with E-state index < -0.39 is 10.1 Å². The lowest BCUT2D eigenvalue weighted by molar-refractivity contribution is 0.138. The van der Waals surface area contributed by atoms with Gasteiger partial charge in [0, 0.05) is 12.4 Å². The van der Waals surface area contributed by atoms with Crippen molar-refractivity contribution >= 4 is 10.1 Å². The fourth-order valence-corrected chi connectivity index (χ4v) is 1.75. The van der Waals surface area contributed by atoms with Crippen molar-refractivity contribution in [2.75, 3.05) is 19.0 Å². The Bertz CT molecular complexity index is 386. The summed E-state index contributed by atoms with van der Waals surface area (Å²) in [7, 11) is -4.09. The molecule has 0 heterocycles. The molecule has 0 aliphatic heterocycles. The van der Waals surface area contributed by atoms with Crippen molar-refractivity contribution < 1.29 is 17.7 Å². The van der Waals surface area contributed by atoms with Gasteiger partial charge in [-0.1, -0.05) is 37.8 Å². The fraction of sp³-hybridized carbons (Fsp3) is 0.500. The summed E-state index contributed by atoms with van der Waals surface area (Å²) in [6.45, 7) is 0.858. The highest BCUT2D eigenvalue weighted by Gasteiger charge is 1.96. The van der Waals surface area contributed by atoms with E-state index in [0.29, 0.717) is 13.2 Å². The van der Waals surface area contributed by atoms with Gasteiger partial charge in [0.2, 0.25) is 0 Å². The third-order valence-electron chi connectivity index (χ3n) is 2.06. The van der Waals surface area contributed by atoms with E-state index in [2.05, 4.69) is 0 Å². The van der Waals surface area contributed by atoms with Crippen LogP contribution in [0.1, 0.15) is 19.4 Å². The van der Waals surface area contributed by atoms with Crippen LogP contribution >= 0.6 is 0 Å². The molecular weight excluding hydrogens is 240 g/mol. The summed E-state index contributed by atoms with van der Waals surface area (Å²) in [5, 5.41) is 0. The van der Waals surface area contributed by atoms with Gasteiger partial charge in [0.1, 0.15) is 0 Å². The molecule has 0 aliphatic rings. The molecule has 0 unspecified atom stereocenters. The van der Waals surface area contributed by atoms with Gasteiger partial charge in [0.15, 0.2) is 0 Å². The fourth-order valence-electron chi connectivity index (χ4n) is 1.27.